The minimum Gasteiger partial charge on any atom is -0.480 e. The highest BCUT2D eigenvalue weighted by Crippen LogP contribution is 2.10. The fourth-order valence-corrected chi connectivity index (χ4v) is 2.88. The highest BCUT2D eigenvalue weighted by Gasteiger charge is 2.33. The van der Waals surface area contributed by atoms with Crippen LogP contribution < -0.4 is 38.9 Å². The van der Waals surface area contributed by atoms with Gasteiger partial charge in [-0.2, -0.15) is 0 Å². The van der Waals surface area contributed by atoms with Crippen LogP contribution >= 0.6 is 0 Å². The van der Waals surface area contributed by atoms with Gasteiger partial charge in [0.1, 0.15) is 24.2 Å². The minimum atomic E-state index is -1.47. The lowest BCUT2D eigenvalue weighted by Gasteiger charge is -2.28. The molecule has 0 heterocycles. The van der Waals surface area contributed by atoms with E-state index in [1.54, 1.807) is 13.8 Å². The summed E-state index contributed by atoms with van der Waals surface area (Å²) in [6.45, 7) is 4.85. The van der Waals surface area contributed by atoms with E-state index in [-0.39, 0.29) is 25.3 Å². The number of aliphatic hydroxyl groups is 1. The summed E-state index contributed by atoms with van der Waals surface area (Å²) in [6, 6.07) is -5.31. The molecule has 0 saturated heterocycles. The van der Waals surface area contributed by atoms with Gasteiger partial charge < -0.3 is 49.1 Å². The smallest absolute Gasteiger partial charge is 0.326 e. The second-order valence-corrected chi connectivity index (χ2v) is 8.22. The number of hydrogen-bond donors (Lipinski definition) is 9. The van der Waals surface area contributed by atoms with E-state index >= 15 is 0 Å². The number of amides is 4. The molecular weight excluding hydrogens is 464 g/mol. The van der Waals surface area contributed by atoms with Crippen LogP contribution in [0.2, 0.25) is 0 Å². The number of nitrogens with one attached hydrogen (secondary N) is 3. The molecule has 13 N–H and O–H groups in total. The highest BCUT2D eigenvalue weighted by atomic mass is 16.4. The van der Waals surface area contributed by atoms with Crippen molar-refractivity contribution in [3.63, 3.8) is 0 Å². The monoisotopic (exact) mass is 502 g/mol. The van der Waals surface area contributed by atoms with Crippen LogP contribution in [0.15, 0.2) is 4.99 Å². The summed E-state index contributed by atoms with van der Waals surface area (Å²) in [7, 11) is 0. The zero-order valence-electron chi connectivity index (χ0n) is 20.2. The fourth-order valence-electron chi connectivity index (χ4n) is 2.88. The van der Waals surface area contributed by atoms with Crippen molar-refractivity contribution >= 4 is 35.6 Å². The average Bonchev–Trinajstić information content (AvgIpc) is 2.76. The Bertz CT molecular complexity index is 785. The number of rotatable bonds is 16. The van der Waals surface area contributed by atoms with Gasteiger partial charge in [0.15, 0.2) is 5.96 Å². The lowest BCUT2D eigenvalue weighted by Crippen LogP contribution is -2.59. The van der Waals surface area contributed by atoms with Gasteiger partial charge in [-0.3, -0.25) is 24.2 Å². The third-order valence-electron chi connectivity index (χ3n) is 5.21. The highest BCUT2D eigenvalue weighted by molar-refractivity contribution is 5.96. The van der Waals surface area contributed by atoms with Crippen LogP contribution in [0.5, 0.6) is 0 Å². The van der Waals surface area contributed by atoms with E-state index in [2.05, 4.69) is 20.9 Å². The molecule has 0 aliphatic rings. The van der Waals surface area contributed by atoms with Gasteiger partial charge in [-0.15, -0.1) is 0 Å². The standard InChI is InChI=1S/C20H38N8O7/c1-4-9(2)15(18(33)26-11(19(34)35)6-5-7-25-20(23)24)28-16(31)12(8-13(21)30)27-17(32)14(22)10(3)29/h9-12,14-15,29H,4-8,22H2,1-3H3,(H2,21,30)(H,26,33)(H,27,32)(H,28,31)(H,34,35)(H4,23,24,25). The van der Waals surface area contributed by atoms with Crippen molar-refractivity contribution in [1.82, 2.24) is 16.0 Å². The van der Waals surface area contributed by atoms with Gasteiger partial charge in [0.2, 0.25) is 23.6 Å². The molecule has 6 atom stereocenters. The molecule has 15 heteroatoms. The molecule has 0 aromatic carbocycles. The number of hydrogen-bond acceptors (Lipinski definition) is 8. The molecule has 0 rings (SSSR count). The first-order chi connectivity index (χ1) is 16.2. The zero-order chi connectivity index (χ0) is 27.3. The van der Waals surface area contributed by atoms with Crippen LogP contribution in [0.3, 0.4) is 0 Å². The second-order valence-electron chi connectivity index (χ2n) is 8.22. The molecule has 0 fully saturated rings. The van der Waals surface area contributed by atoms with Gasteiger partial charge >= 0.3 is 5.97 Å². The van der Waals surface area contributed by atoms with Crippen molar-refractivity contribution in [3.05, 3.63) is 0 Å². The first-order valence-corrected chi connectivity index (χ1v) is 11.1. The predicted octanol–water partition coefficient (Wildman–Crippen LogP) is -3.79. The first-order valence-electron chi connectivity index (χ1n) is 11.1. The molecule has 4 amide bonds. The number of carbonyl (C=O) groups excluding carboxylic acids is 4. The molecule has 0 saturated carbocycles. The lowest BCUT2D eigenvalue weighted by atomic mass is 9.97. The molecule has 0 aromatic rings. The Morgan fingerprint density at radius 2 is 1.49 bits per heavy atom. The predicted molar refractivity (Wildman–Crippen MR) is 126 cm³/mol. The molecule has 0 aromatic heterocycles. The Morgan fingerprint density at radius 1 is 0.914 bits per heavy atom. The molecule has 0 spiro atoms. The summed E-state index contributed by atoms with van der Waals surface area (Å²) in [5, 5.41) is 26.0. The van der Waals surface area contributed by atoms with E-state index in [1.165, 1.54) is 6.92 Å². The second kappa shape index (κ2) is 15.4. The zero-order valence-corrected chi connectivity index (χ0v) is 20.2. The Balaban J connectivity index is 5.54. The fraction of sp³-hybridized carbons (Fsp3) is 0.700. The maximum Gasteiger partial charge on any atom is 0.326 e. The minimum absolute atomic E-state index is 0.0244. The van der Waals surface area contributed by atoms with Gasteiger partial charge in [0, 0.05) is 6.54 Å². The molecule has 0 radical (unpaired) electrons. The van der Waals surface area contributed by atoms with Gasteiger partial charge in [-0.1, -0.05) is 20.3 Å². The molecule has 0 bridgehead atoms. The summed E-state index contributed by atoms with van der Waals surface area (Å²) in [5.74, 6) is -5.37. The van der Waals surface area contributed by atoms with Crippen molar-refractivity contribution in [1.29, 1.82) is 0 Å². The van der Waals surface area contributed by atoms with Crippen LogP contribution in [-0.4, -0.2) is 82.6 Å². The van der Waals surface area contributed by atoms with Crippen molar-refractivity contribution in [2.75, 3.05) is 6.54 Å². The Morgan fingerprint density at radius 3 is 1.94 bits per heavy atom. The van der Waals surface area contributed by atoms with Crippen LogP contribution in [0.25, 0.3) is 0 Å². The van der Waals surface area contributed by atoms with Crippen LogP contribution in [-0.2, 0) is 24.0 Å². The maximum absolute atomic E-state index is 12.9. The molecule has 15 nitrogen and oxygen atoms in total. The largest absolute Gasteiger partial charge is 0.480 e. The summed E-state index contributed by atoms with van der Waals surface area (Å²) in [4.78, 5) is 64.7. The Labute approximate surface area is 203 Å². The third-order valence-corrected chi connectivity index (χ3v) is 5.21. The Hall–Kier alpha value is -3.46. The van der Waals surface area contributed by atoms with Gasteiger partial charge in [-0.25, -0.2) is 4.79 Å². The lowest BCUT2D eigenvalue weighted by molar-refractivity contribution is -0.143. The first kappa shape index (κ1) is 31.5. The molecule has 35 heavy (non-hydrogen) atoms. The summed E-state index contributed by atoms with van der Waals surface area (Å²) >= 11 is 0. The normalized spacial score (nSPS) is 15.9. The van der Waals surface area contributed by atoms with Gasteiger partial charge in [0.05, 0.1) is 12.5 Å². The molecule has 0 aliphatic carbocycles. The number of guanidine groups is 1. The number of aliphatic hydroxyl groups excluding tert-OH is 1. The van der Waals surface area contributed by atoms with E-state index in [0.29, 0.717) is 6.42 Å². The van der Waals surface area contributed by atoms with E-state index in [9.17, 15) is 34.2 Å². The number of carboxylic acid groups (broad SMARTS) is 1. The summed E-state index contributed by atoms with van der Waals surface area (Å²) in [5.41, 5.74) is 21.2. The average molecular weight is 503 g/mol. The quantitative estimate of drug-likeness (QED) is 0.0563. The molecule has 6 unspecified atom stereocenters. The van der Waals surface area contributed by atoms with Crippen LogP contribution in [0, 0.1) is 5.92 Å². The van der Waals surface area contributed by atoms with E-state index in [4.69, 9.17) is 22.9 Å². The van der Waals surface area contributed by atoms with E-state index in [0.717, 1.165) is 0 Å². The topological polar surface area (TPSA) is 278 Å². The van der Waals surface area contributed by atoms with E-state index in [1.807, 2.05) is 0 Å². The summed E-state index contributed by atoms with van der Waals surface area (Å²) in [6.07, 6.45) is -1.10. The number of aliphatic imine (C=N–C) groups is 1. The number of nitrogens with zero attached hydrogens (tertiary/aromatic N) is 1. The number of primary amides is 1. The maximum atomic E-state index is 12.9. The van der Waals surface area contributed by atoms with Gasteiger partial charge in [0.25, 0.3) is 0 Å². The van der Waals surface area contributed by atoms with Crippen molar-refractivity contribution in [2.24, 2.45) is 33.8 Å². The number of aliphatic carboxylic acids is 1. The number of carboxylic acids is 1. The number of nitrogens with two attached hydrogens (primary N) is 4. The summed E-state index contributed by atoms with van der Waals surface area (Å²) < 4.78 is 0. The van der Waals surface area contributed by atoms with Crippen molar-refractivity contribution in [3.8, 4) is 0 Å². The van der Waals surface area contributed by atoms with E-state index < -0.39 is 72.2 Å². The van der Waals surface area contributed by atoms with Gasteiger partial charge in [-0.05, 0) is 25.7 Å². The Kier molecular flexibility index (Phi) is 13.9. The van der Waals surface area contributed by atoms with Crippen molar-refractivity contribution < 1.29 is 34.2 Å². The van der Waals surface area contributed by atoms with Crippen LogP contribution in [0.4, 0.5) is 0 Å². The third kappa shape index (κ3) is 12.0. The van der Waals surface area contributed by atoms with Crippen molar-refractivity contribution in [2.45, 2.75) is 76.7 Å². The van der Waals surface area contributed by atoms with Crippen LogP contribution in [0.1, 0.15) is 46.5 Å². The molecular formula is C20H38N8O7. The molecule has 200 valence electrons. The SMILES string of the molecule is CCC(C)C(NC(=O)C(CC(N)=O)NC(=O)C(N)C(C)O)C(=O)NC(CCCN=C(N)N)C(=O)O. The molecule has 0 aliphatic heterocycles. The number of carbonyl (C=O) groups is 5.